The van der Waals surface area contributed by atoms with Gasteiger partial charge in [0.15, 0.2) is 11.5 Å². The van der Waals surface area contributed by atoms with E-state index in [0.717, 1.165) is 25.2 Å². The number of rotatable bonds is 3. The lowest BCUT2D eigenvalue weighted by Crippen LogP contribution is -2.36. The van der Waals surface area contributed by atoms with Gasteiger partial charge in [-0.25, -0.2) is 0 Å². The van der Waals surface area contributed by atoms with E-state index in [4.69, 9.17) is 9.47 Å². The molecule has 2 aromatic carbocycles. The minimum absolute atomic E-state index is 0.0142. The van der Waals surface area contributed by atoms with E-state index in [9.17, 15) is 9.59 Å². The largest absolute Gasteiger partial charge is 0.486 e. The summed E-state index contributed by atoms with van der Waals surface area (Å²) in [6.07, 6.45) is 1.24. The topological polar surface area (TPSA) is 59.1 Å². The summed E-state index contributed by atoms with van der Waals surface area (Å²) in [6.45, 7) is 5.07. The summed E-state index contributed by atoms with van der Waals surface area (Å²) < 4.78 is 11.2. The second-order valence-electron chi connectivity index (χ2n) is 8.36. The lowest BCUT2D eigenvalue weighted by atomic mass is 9.94. The molecule has 0 spiro atoms. The van der Waals surface area contributed by atoms with Gasteiger partial charge in [-0.05, 0) is 36.6 Å². The SMILES string of the molecule is Cc1ccccc1C1CCN(C(=O)C2CC(=O)N(c3ccc4c(c3)OCCO4)C2)C1. The summed E-state index contributed by atoms with van der Waals surface area (Å²) in [4.78, 5) is 29.5. The van der Waals surface area contributed by atoms with Gasteiger partial charge in [-0.3, -0.25) is 9.59 Å². The number of benzene rings is 2. The van der Waals surface area contributed by atoms with Crippen molar-refractivity contribution in [1.82, 2.24) is 4.90 Å². The van der Waals surface area contributed by atoms with Crippen molar-refractivity contribution >= 4 is 17.5 Å². The van der Waals surface area contributed by atoms with E-state index in [1.54, 1.807) is 4.90 Å². The zero-order valence-corrected chi connectivity index (χ0v) is 17.2. The first-order valence-corrected chi connectivity index (χ1v) is 10.6. The Balaban J connectivity index is 1.27. The Morgan fingerprint density at radius 3 is 2.67 bits per heavy atom. The molecule has 0 radical (unpaired) electrons. The van der Waals surface area contributed by atoms with Gasteiger partial charge in [0.2, 0.25) is 11.8 Å². The number of carbonyl (C=O) groups is 2. The third-order valence-corrected chi connectivity index (χ3v) is 6.44. The highest BCUT2D eigenvalue weighted by molar-refractivity contribution is 6.00. The van der Waals surface area contributed by atoms with E-state index in [0.29, 0.717) is 37.2 Å². The molecule has 3 aliphatic heterocycles. The average Bonchev–Trinajstić information content (AvgIpc) is 3.40. The molecule has 0 N–H and O–H groups in total. The second-order valence-corrected chi connectivity index (χ2v) is 8.36. The summed E-state index contributed by atoms with van der Waals surface area (Å²) in [5.41, 5.74) is 3.37. The summed E-state index contributed by atoms with van der Waals surface area (Å²) in [6, 6.07) is 13.9. The number of anilines is 1. The Morgan fingerprint density at radius 2 is 1.83 bits per heavy atom. The molecule has 6 nitrogen and oxygen atoms in total. The van der Waals surface area contributed by atoms with Crippen LogP contribution in [0.1, 0.15) is 29.9 Å². The van der Waals surface area contributed by atoms with Crippen LogP contribution in [-0.4, -0.2) is 49.6 Å². The number of amides is 2. The van der Waals surface area contributed by atoms with Gasteiger partial charge in [0.1, 0.15) is 13.2 Å². The quantitative estimate of drug-likeness (QED) is 0.786. The molecule has 156 valence electrons. The van der Waals surface area contributed by atoms with Crippen LogP contribution in [-0.2, 0) is 9.59 Å². The Morgan fingerprint density at radius 1 is 1.03 bits per heavy atom. The number of likely N-dealkylation sites (tertiary alicyclic amines) is 1. The molecular weight excluding hydrogens is 380 g/mol. The minimum Gasteiger partial charge on any atom is -0.486 e. The van der Waals surface area contributed by atoms with Crippen LogP contribution in [0.3, 0.4) is 0 Å². The molecule has 0 bridgehead atoms. The summed E-state index contributed by atoms with van der Waals surface area (Å²) in [5.74, 6) is 1.52. The predicted molar refractivity (Wildman–Crippen MR) is 113 cm³/mol. The molecule has 2 atom stereocenters. The number of hydrogen-bond donors (Lipinski definition) is 0. The fourth-order valence-electron chi connectivity index (χ4n) is 4.84. The number of hydrogen-bond acceptors (Lipinski definition) is 4. The normalized spacial score (nSPS) is 23.2. The highest BCUT2D eigenvalue weighted by Gasteiger charge is 2.39. The van der Waals surface area contributed by atoms with Gasteiger partial charge in [0, 0.05) is 43.7 Å². The van der Waals surface area contributed by atoms with Gasteiger partial charge in [-0.2, -0.15) is 0 Å². The van der Waals surface area contributed by atoms with E-state index >= 15 is 0 Å². The molecule has 2 aromatic rings. The molecule has 2 unspecified atom stereocenters. The molecule has 5 rings (SSSR count). The van der Waals surface area contributed by atoms with Crippen molar-refractivity contribution in [3.05, 3.63) is 53.6 Å². The Hall–Kier alpha value is -3.02. The fraction of sp³-hybridized carbons (Fsp3) is 0.417. The highest BCUT2D eigenvalue weighted by Crippen LogP contribution is 2.37. The van der Waals surface area contributed by atoms with Gasteiger partial charge in [-0.15, -0.1) is 0 Å². The van der Waals surface area contributed by atoms with Crippen LogP contribution >= 0.6 is 0 Å². The minimum atomic E-state index is -0.290. The van der Waals surface area contributed by atoms with Gasteiger partial charge >= 0.3 is 0 Å². The molecule has 2 saturated heterocycles. The monoisotopic (exact) mass is 406 g/mol. The molecule has 2 amide bonds. The zero-order valence-electron chi connectivity index (χ0n) is 17.2. The maximum atomic E-state index is 13.2. The number of carbonyl (C=O) groups excluding carboxylic acids is 2. The van der Waals surface area contributed by atoms with Crippen molar-refractivity contribution in [1.29, 1.82) is 0 Å². The zero-order chi connectivity index (χ0) is 20.7. The van der Waals surface area contributed by atoms with Gasteiger partial charge in [0.05, 0.1) is 5.92 Å². The van der Waals surface area contributed by atoms with Crippen LogP contribution < -0.4 is 14.4 Å². The van der Waals surface area contributed by atoms with Crippen molar-refractivity contribution in [3.63, 3.8) is 0 Å². The van der Waals surface area contributed by atoms with Crippen LogP contribution in [0, 0.1) is 12.8 Å². The number of ether oxygens (including phenoxy) is 2. The van der Waals surface area contributed by atoms with Crippen molar-refractivity contribution in [2.45, 2.75) is 25.7 Å². The summed E-state index contributed by atoms with van der Waals surface area (Å²) >= 11 is 0. The molecule has 3 heterocycles. The van der Waals surface area contributed by atoms with Crippen molar-refractivity contribution in [2.24, 2.45) is 5.92 Å². The van der Waals surface area contributed by atoms with E-state index < -0.39 is 0 Å². The molecule has 6 heteroatoms. The molecule has 0 aliphatic carbocycles. The van der Waals surface area contributed by atoms with E-state index in [-0.39, 0.29) is 24.2 Å². The molecule has 30 heavy (non-hydrogen) atoms. The van der Waals surface area contributed by atoms with Gasteiger partial charge < -0.3 is 19.3 Å². The van der Waals surface area contributed by atoms with Gasteiger partial charge in [-0.1, -0.05) is 24.3 Å². The first kappa shape index (κ1) is 19.0. The third-order valence-electron chi connectivity index (χ3n) is 6.44. The van der Waals surface area contributed by atoms with Crippen molar-refractivity contribution < 1.29 is 19.1 Å². The number of aryl methyl sites for hydroxylation is 1. The first-order valence-electron chi connectivity index (χ1n) is 10.6. The van der Waals surface area contributed by atoms with Crippen LogP contribution in [0.5, 0.6) is 11.5 Å². The van der Waals surface area contributed by atoms with Crippen LogP contribution in [0.15, 0.2) is 42.5 Å². The lowest BCUT2D eigenvalue weighted by Gasteiger charge is -2.23. The predicted octanol–water partition coefficient (Wildman–Crippen LogP) is 3.14. The third kappa shape index (κ3) is 3.40. The van der Waals surface area contributed by atoms with E-state index in [2.05, 4.69) is 25.1 Å². The standard InChI is InChI=1S/C24H26N2O4/c1-16-4-2-3-5-20(16)17-8-9-25(14-17)24(28)18-12-23(27)26(15-18)19-6-7-21-22(13-19)30-11-10-29-21/h2-7,13,17-18H,8-12,14-15H2,1H3. The van der Waals surface area contributed by atoms with Crippen molar-refractivity contribution in [2.75, 3.05) is 37.7 Å². The molecule has 3 aliphatic rings. The maximum absolute atomic E-state index is 13.2. The maximum Gasteiger partial charge on any atom is 0.228 e. The summed E-state index contributed by atoms with van der Waals surface area (Å²) in [7, 11) is 0. The molecule has 0 aromatic heterocycles. The fourth-order valence-corrected chi connectivity index (χ4v) is 4.84. The van der Waals surface area contributed by atoms with Crippen LogP contribution in [0.25, 0.3) is 0 Å². The van der Waals surface area contributed by atoms with Crippen LogP contribution in [0.2, 0.25) is 0 Å². The highest BCUT2D eigenvalue weighted by atomic mass is 16.6. The smallest absolute Gasteiger partial charge is 0.228 e. The lowest BCUT2D eigenvalue weighted by molar-refractivity contribution is -0.134. The summed E-state index contributed by atoms with van der Waals surface area (Å²) in [5, 5.41) is 0. The Kier molecular flexibility index (Phi) is 4.85. The number of nitrogens with zero attached hydrogens (tertiary/aromatic N) is 2. The van der Waals surface area contributed by atoms with Crippen LogP contribution in [0.4, 0.5) is 5.69 Å². The Labute approximate surface area is 176 Å². The average molecular weight is 406 g/mol. The molecular formula is C24H26N2O4. The molecule has 0 saturated carbocycles. The number of fused-ring (bicyclic) bond motifs is 1. The molecule has 2 fully saturated rings. The van der Waals surface area contributed by atoms with E-state index in [1.165, 1.54) is 11.1 Å². The van der Waals surface area contributed by atoms with Gasteiger partial charge in [0.25, 0.3) is 0 Å². The Bertz CT molecular complexity index is 989. The van der Waals surface area contributed by atoms with Crippen molar-refractivity contribution in [3.8, 4) is 11.5 Å². The first-order chi connectivity index (χ1) is 14.6. The van der Waals surface area contributed by atoms with E-state index in [1.807, 2.05) is 29.2 Å². The second kappa shape index (κ2) is 7.67.